The molecule has 0 bridgehead atoms. The van der Waals surface area contributed by atoms with Crippen molar-refractivity contribution in [3.8, 4) is 22.4 Å². The summed E-state index contributed by atoms with van der Waals surface area (Å²) in [7, 11) is 0. The predicted octanol–water partition coefficient (Wildman–Crippen LogP) is 6.75. The second-order valence-electron chi connectivity index (χ2n) is 9.69. The number of anilines is 2. The average molecular weight is 539 g/mol. The third-order valence-electron chi connectivity index (χ3n) is 7.04. The van der Waals surface area contributed by atoms with Crippen LogP contribution in [0.25, 0.3) is 32.6 Å². The molecule has 1 aliphatic carbocycles. The summed E-state index contributed by atoms with van der Waals surface area (Å²) in [5.41, 5.74) is 17.9. The van der Waals surface area contributed by atoms with Crippen LogP contribution in [0.1, 0.15) is 43.8 Å². The molecule has 1 atom stereocenters. The van der Waals surface area contributed by atoms with E-state index < -0.39 is 5.91 Å². The summed E-state index contributed by atoms with van der Waals surface area (Å²) in [5, 5.41) is 4.22. The van der Waals surface area contributed by atoms with Crippen LogP contribution >= 0.6 is 22.7 Å². The fourth-order valence-corrected chi connectivity index (χ4v) is 7.58. The van der Waals surface area contributed by atoms with E-state index in [4.69, 9.17) is 16.5 Å². The SMILES string of the molecule is CC1CCc2c(sc(NC(=O)c3sc4nc(-c5ccccc5)cc(-c5ccccc5)c4c3N)c2C(N)=O)C1. The van der Waals surface area contributed by atoms with Crippen LogP contribution < -0.4 is 16.8 Å². The van der Waals surface area contributed by atoms with Crippen molar-refractivity contribution in [3.05, 3.63) is 87.6 Å². The van der Waals surface area contributed by atoms with Gasteiger partial charge >= 0.3 is 0 Å². The Labute approximate surface area is 228 Å². The van der Waals surface area contributed by atoms with Gasteiger partial charge in [0.1, 0.15) is 14.7 Å². The van der Waals surface area contributed by atoms with E-state index in [9.17, 15) is 9.59 Å². The molecule has 2 aromatic carbocycles. The Morgan fingerprint density at radius 2 is 1.68 bits per heavy atom. The van der Waals surface area contributed by atoms with Crippen LogP contribution in [0.4, 0.5) is 10.7 Å². The molecule has 2 amide bonds. The second-order valence-corrected chi connectivity index (χ2v) is 11.8. The molecule has 0 spiro atoms. The summed E-state index contributed by atoms with van der Waals surface area (Å²) in [6.07, 6.45) is 2.67. The van der Waals surface area contributed by atoms with Crippen molar-refractivity contribution >= 4 is 55.4 Å². The lowest BCUT2D eigenvalue weighted by molar-refractivity contribution is 0.1000. The normalized spacial score (nSPS) is 14.8. The van der Waals surface area contributed by atoms with Gasteiger partial charge in [-0.25, -0.2) is 4.98 Å². The second kappa shape index (κ2) is 9.70. The molecule has 0 saturated heterocycles. The molecule has 38 heavy (non-hydrogen) atoms. The highest BCUT2D eigenvalue weighted by Crippen LogP contribution is 2.43. The topological polar surface area (TPSA) is 111 Å². The highest BCUT2D eigenvalue weighted by atomic mass is 32.1. The summed E-state index contributed by atoms with van der Waals surface area (Å²) in [6, 6.07) is 21.9. The first-order valence-corrected chi connectivity index (χ1v) is 14.1. The van der Waals surface area contributed by atoms with Crippen molar-refractivity contribution in [1.29, 1.82) is 0 Å². The lowest BCUT2D eigenvalue weighted by Gasteiger charge is -2.18. The predicted molar refractivity (Wildman–Crippen MR) is 157 cm³/mol. The number of aromatic nitrogens is 1. The number of carbonyl (C=O) groups excluding carboxylic acids is 2. The molecule has 0 fully saturated rings. The smallest absolute Gasteiger partial charge is 0.268 e. The Hall–Kier alpha value is -4.01. The van der Waals surface area contributed by atoms with Crippen LogP contribution in [0, 0.1) is 5.92 Å². The van der Waals surface area contributed by atoms with Crippen LogP contribution in [0.3, 0.4) is 0 Å². The average Bonchev–Trinajstić information content (AvgIpc) is 3.45. The molecule has 3 aromatic heterocycles. The zero-order valence-corrected chi connectivity index (χ0v) is 22.4. The van der Waals surface area contributed by atoms with E-state index in [0.717, 1.165) is 57.5 Å². The first kappa shape index (κ1) is 24.3. The first-order chi connectivity index (χ1) is 18.4. The van der Waals surface area contributed by atoms with Gasteiger partial charge in [-0.05, 0) is 47.9 Å². The van der Waals surface area contributed by atoms with Gasteiger partial charge in [0.15, 0.2) is 0 Å². The maximum atomic E-state index is 13.6. The molecular weight excluding hydrogens is 512 g/mol. The van der Waals surface area contributed by atoms with Crippen LogP contribution in [0.15, 0.2) is 66.7 Å². The summed E-state index contributed by atoms with van der Waals surface area (Å²) < 4.78 is 0. The number of benzene rings is 2. The molecule has 0 saturated carbocycles. The number of thiophene rings is 2. The van der Waals surface area contributed by atoms with E-state index in [1.807, 2.05) is 66.7 Å². The van der Waals surface area contributed by atoms with Gasteiger partial charge in [-0.3, -0.25) is 9.59 Å². The number of amides is 2. The molecule has 5 N–H and O–H groups in total. The third-order valence-corrected chi connectivity index (χ3v) is 9.31. The molecule has 1 aliphatic rings. The van der Waals surface area contributed by atoms with Crippen LogP contribution in [-0.2, 0) is 12.8 Å². The number of primary amides is 1. The fourth-order valence-electron chi connectivity index (χ4n) is 5.15. The zero-order chi connectivity index (χ0) is 26.4. The minimum Gasteiger partial charge on any atom is -0.397 e. The lowest BCUT2D eigenvalue weighted by atomic mass is 9.88. The third kappa shape index (κ3) is 4.25. The maximum absolute atomic E-state index is 13.6. The van der Waals surface area contributed by atoms with E-state index in [0.29, 0.717) is 31.9 Å². The van der Waals surface area contributed by atoms with E-state index in [1.54, 1.807) is 0 Å². The molecule has 6 nitrogen and oxygen atoms in total. The summed E-state index contributed by atoms with van der Waals surface area (Å²) in [5.74, 6) is -0.345. The molecule has 3 heterocycles. The monoisotopic (exact) mass is 538 g/mol. The van der Waals surface area contributed by atoms with Gasteiger partial charge in [0, 0.05) is 15.8 Å². The molecule has 0 aliphatic heterocycles. The summed E-state index contributed by atoms with van der Waals surface area (Å²) in [4.78, 5) is 33.1. The van der Waals surface area contributed by atoms with Crippen molar-refractivity contribution in [2.45, 2.75) is 26.2 Å². The van der Waals surface area contributed by atoms with Gasteiger partial charge in [-0.15, -0.1) is 22.7 Å². The van der Waals surface area contributed by atoms with Gasteiger partial charge in [-0.1, -0.05) is 67.6 Å². The lowest BCUT2D eigenvalue weighted by Crippen LogP contribution is -2.19. The minimum atomic E-state index is -0.516. The van der Waals surface area contributed by atoms with Crippen LogP contribution in [0.2, 0.25) is 0 Å². The largest absolute Gasteiger partial charge is 0.397 e. The van der Waals surface area contributed by atoms with Gasteiger partial charge in [0.05, 0.1) is 16.9 Å². The van der Waals surface area contributed by atoms with E-state index in [2.05, 4.69) is 12.2 Å². The number of hydrogen-bond acceptors (Lipinski definition) is 6. The van der Waals surface area contributed by atoms with Gasteiger partial charge in [-0.2, -0.15) is 0 Å². The van der Waals surface area contributed by atoms with Crippen molar-refractivity contribution in [1.82, 2.24) is 4.98 Å². The number of nitrogen functional groups attached to an aromatic ring is 1. The number of nitrogens with two attached hydrogens (primary N) is 2. The first-order valence-electron chi connectivity index (χ1n) is 12.5. The Morgan fingerprint density at radius 1 is 1.00 bits per heavy atom. The van der Waals surface area contributed by atoms with Gasteiger partial charge in [0.2, 0.25) is 0 Å². The highest BCUT2D eigenvalue weighted by Gasteiger charge is 2.29. The Bertz CT molecular complexity index is 1690. The van der Waals surface area contributed by atoms with Crippen molar-refractivity contribution in [3.63, 3.8) is 0 Å². The molecule has 6 rings (SSSR count). The van der Waals surface area contributed by atoms with E-state index in [-0.39, 0.29) is 5.91 Å². The maximum Gasteiger partial charge on any atom is 0.268 e. The Balaban J connectivity index is 1.46. The van der Waals surface area contributed by atoms with E-state index >= 15 is 0 Å². The summed E-state index contributed by atoms with van der Waals surface area (Å²) >= 11 is 2.70. The number of rotatable bonds is 5. The molecule has 190 valence electrons. The summed E-state index contributed by atoms with van der Waals surface area (Å²) in [6.45, 7) is 2.20. The molecule has 8 heteroatoms. The Kier molecular flexibility index (Phi) is 6.21. The standard InChI is InChI=1S/C30H26N4O2S2/c1-16-12-13-19-22(14-16)37-30(24(19)27(32)35)34-28(36)26-25(31)23-20(17-8-4-2-5-9-17)15-21(33-29(23)38-26)18-10-6-3-7-11-18/h2-11,15-16H,12-14,31H2,1H3,(H2,32,35)(H,34,36). The highest BCUT2D eigenvalue weighted by molar-refractivity contribution is 7.21. The fraction of sp³-hybridized carbons (Fsp3) is 0.167. The quantitative estimate of drug-likeness (QED) is 0.230. The van der Waals surface area contributed by atoms with E-state index in [1.165, 1.54) is 22.7 Å². The number of pyridine rings is 1. The van der Waals surface area contributed by atoms with Crippen molar-refractivity contribution < 1.29 is 9.59 Å². The molecule has 1 unspecified atom stereocenters. The zero-order valence-electron chi connectivity index (χ0n) is 20.8. The molecule has 0 radical (unpaired) electrons. The number of nitrogens with one attached hydrogen (secondary N) is 1. The van der Waals surface area contributed by atoms with Crippen molar-refractivity contribution in [2.75, 3.05) is 11.1 Å². The minimum absolute atomic E-state index is 0.361. The molecular formula is C30H26N4O2S2. The van der Waals surface area contributed by atoms with Crippen LogP contribution in [0.5, 0.6) is 0 Å². The number of hydrogen-bond donors (Lipinski definition) is 3. The number of fused-ring (bicyclic) bond motifs is 2. The van der Waals surface area contributed by atoms with Gasteiger partial charge < -0.3 is 16.8 Å². The Morgan fingerprint density at radius 3 is 2.37 bits per heavy atom. The van der Waals surface area contributed by atoms with Gasteiger partial charge in [0.25, 0.3) is 11.8 Å². The molecule has 5 aromatic rings. The van der Waals surface area contributed by atoms with Crippen molar-refractivity contribution in [2.24, 2.45) is 11.7 Å². The van der Waals surface area contributed by atoms with Crippen LogP contribution in [-0.4, -0.2) is 16.8 Å². The number of nitrogens with zero attached hydrogens (tertiary/aromatic N) is 1. The number of carbonyl (C=O) groups is 2.